The van der Waals surface area contributed by atoms with E-state index in [-0.39, 0.29) is 23.1 Å². The molecular formula is C24H25F2N3O4S. The summed E-state index contributed by atoms with van der Waals surface area (Å²) in [6.45, 7) is 1.58. The lowest BCUT2D eigenvalue weighted by Gasteiger charge is -2.18. The fourth-order valence-corrected chi connectivity index (χ4v) is 3.80. The van der Waals surface area contributed by atoms with Gasteiger partial charge in [-0.05, 0) is 54.0 Å². The van der Waals surface area contributed by atoms with E-state index in [1.807, 2.05) is 13.8 Å². The molecule has 0 spiro atoms. The molecule has 0 aliphatic carbocycles. The highest BCUT2D eigenvalue weighted by Crippen LogP contribution is 2.31. The van der Waals surface area contributed by atoms with E-state index >= 15 is 0 Å². The molecule has 10 heteroatoms. The highest BCUT2D eigenvalue weighted by Gasteiger charge is 2.32. The summed E-state index contributed by atoms with van der Waals surface area (Å²) in [5, 5.41) is 3.14. The largest absolute Gasteiger partial charge is 0.497 e. The predicted octanol–water partition coefficient (Wildman–Crippen LogP) is 4.55. The number of hydrogen-bond donors (Lipinski definition) is 1. The minimum atomic E-state index is -2.95. The van der Waals surface area contributed by atoms with Gasteiger partial charge in [-0.3, -0.25) is 14.5 Å². The first-order valence-corrected chi connectivity index (χ1v) is 11.5. The summed E-state index contributed by atoms with van der Waals surface area (Å²) in [6, 6.07) is 12.8. The van der Waals surface area contributed by atoms with Crippen LogP contribution in [-0.4, -0.2) is 43.0 Å². The Morgan fingerprint density at radius 2 is 1.76 bits per heavy atom. The fraction of sp³-hybridized carbons (Fsp3) is 0.292. The number of amides is 2. The zero-order valence-corrected chi connectivity index (χ0v) is 19.8. The van der Waals surface area contributed by atoms with Crippen molar-refractivity contribution in [3.05, 3.63) is 59.8 Å². The van der Waals surface area contributed by atoms with Crippen molar-refractivity contribution in [1.29, 1.82) is 0 Å². The van der Waals surface area contributed by atoms with Crippen molar-refractivity contribution in [2.24, 2.45) is 10.9 Å². The number of rotatable bonds is 9. The maximum absolute atomic E-state index is 13.2. The first kappa shape index (κ1) is 25.2. The number of methoxy groups -OCH3 is 1. The van der Waals surface area contributed by atoms with Crippen LogP contribution in [0.1, 0.15) is 19.4 Å². The van der Waals surface area contributed by atoms with Gasteiger partial charge in [0, 0.05) is 6.54 Å². The van der Waals surface area contributed by atoms with Crippen LogP contribution < -0.4 is 19.7 Å². The zero-order valence-electron chi connectivity index (χ0n) is 19.0. The summed E-state index contributed by atoms with van der Waals surface area (Å²) >= 11 is 1.12. The van der Waals surface area contributed by atoms with Crippen LogP contribution in [0.2, 0.25) is 0 Å². The van der Waals surface area contributed by atoms with Crippen LogP contribution in [0.15, 0.2) is 59.2 Å². The van der Waals surface area contributed by atoms with E-state index in [0.29, 0.717) is 29.1 Å². The van der Waals surface area contributed by atoms with E-state index in [2.05, 4.69) is 15.0 Å². The number of carbonyl (C=O) groups is 2. The molecule has 2 aromatic carbocycles. The highest BCUT2D eigenvalue weighted by atomic mass is 32.2. The van der Waals surface area contributed by atoms with Gasteiger partial charge in [0.15, 0.2) is 5.17 Å². The molecule has 2 aromatic rings. The van der Waals surface area contributed by atoms with E-state index < -0.39 is 12.5 Å². The molecule has 3 rings (SSSR count). The van der Waals surface area contributed by atoms with Crippen molar-refractivity contribution in [3.63, 3.8) is 0 Å². The summed E-state index contributed by atoms with van der Waals surface area (Å²) in [5.41, 5.74) is 1.34. The van der Waals surface area contributed by atoms with Crippen molar-refractivity contribution in [2.45, 2.75) is 20.5 Å². The number of carbonyl (C=O) groups excluding carboxylic acids is 2. The molecule has 0 aromatic heterocycles. The van der Waals surface area contributed by atoms with Crippen molar-refractivity contribution in [3.8, 4) is 11.5 Å². The Morgan fingerprint density at radius 1 is 1.12 bits per heavy atom. The molecular weight excluding hydrogens is 464 g/mol. The van der Waals surface area contributed by atoms with E-state index in [9.17, 15) is 18.4 Å². The number of anilines is 1. The Bertz CT molecular complexity index is 1070. The molecule has 2 amide bonds. The summed E-state index contributed by atoms with van der Waals surface area (Å²) in [7, 11) is 1.56. The SMILES string of the molecule is COc1ccc(/C=C2\N=C(SCC(=O)NCC(C)C)N(c3ccc(OC(F)F)cc3)C2=O)cc1. The number of benzene rings is 2. The van der Waals surface area contributed by atoms with Gasteiger partial charge in [0.05, 0.1) is 18.6 Å². The van der Waals surface area contributed by atoms with Gasteiger partial charge in [0.25, 0.3) is 5.91 Å². The van der Waals surface area contributed by atoms with Gasteiger partial charge in [0.1, 0.15) is 17.2 Å². The lowest BCUT2D eigenvalue weighted by molar-refractivity contribution is -0.118. The van der Waals surface area contributed by atoms with Crippen molar-refractivity contribution in [2.75, 3.05) is 24.3 Å². The number of halogens is 2. The summed E-state index contributed by atoms with van der Waals surface area (Å²) in [5.74, 6) is 0.449. The highest BCUT2D eigenvalue weighted by molar-refractivity contribution is 8.14. The van der Waals surface area contributed by atoms with E-state index in [1.165, 1.54) is 29.2 Å². The first-order valence-electron chi connectivity index (χ1n) is 10.5. The Kier molecular flexibility index (Phi) is 8.64. The Balaban J connectivity index is 1.85. The van der Waals surface area contributed by atoms with Crippen LogP contribution in [0.3, 0.4) is 0 Å². The molecule has 0 unspecified atom stereocenters. The third-order valence-electron chi connectivity index (χ3n) is 4.61. The van der Waals surface area contributed by atoms with Crippen molar-refractivity contribution >= 4 is 40.5 Å². The third-order valence-corrected chi connectivity index (χ3v) is 5.55. The van der Waals surface area contributed by atoms with Gasteiger partial charge in [-0.1, -0.05) is 37.7 Å². The summed E-state index contributed by atoms with van der Waals surface area (Å²) in [6.07, 6.45) is 1.63. The Hall–Kier alpha value is -3.40. The normalized spacial score (nSPS) is 14.7. The van der Waals surface area contributed by atoms with Crippen LogP contribution in [0, 0.1) is 5.92 Å². The minimum Gasteiger partial charge on any atom is -0.497 e. The molecule has 7 nitrogen and oxygen atoms in total. The van der Waals surface area contributed by atoms with Crippen molar-refractivity contribution in [1.82, 2.24) is 5.32 Å². The van der Waals surface area contributed by atoms with Gasteiger partial charge in [-0.15, -0.1) is 0 Å². The molecule has 1 heterocycles. The first-order chi connectivity index (χ1) is 16.3. The third kappa shape index (κ3) is 6.80. The van der Waals surface area contributed by atoms with Gasteiger partial charge in [-0.25, -0.2) is 4.99 Å². The van der Waals surface area contributed by atoms with Gasteiger partial charge < -0.3 is 14.8 Å². The van der Waals surface area contributed by atoms with E-state index in [4.69, 9.17) is 4.74 Å². The molecule has 0 bridgehead atoms. The number of ether oxygens (including phenoxy) is 2. The lowest BCUT2D eigenvalue weighted by atomic mass is 10.2. The lowest BCUT2D eigenvalue weighted by Crippen LogP contribution is -2.33. The molecule has 1 N–H and O–H groups in total. The monoisotopic (exact) mass is 489 g/mol. The van der Waals surface area contributed by atoms with Crippen LogP contribution in [-0.2, 0) is 9.59 Å². The number of thioether (sulfide) groups is 1. The number of alkyl halides is 2. The number of aliphatic imine (C=N–C) groups is 1. The van der Waals surface area contributed by atoms with Gasteiger partial charge in [-0.2, -0.15) is 8.78 Å². The summed E-state index contributed by atoms with van der Waals surface area (Å²) < 4.78 is 34.5. The maximum Gasteiger partial charge on any atom is 0.387 e. The minimum absolute atomic E-state index is 0.0291. The van der Waals surface area contributed by atoms with E-state index in [1.54, 1.807) is 37.5 Å². The number of nitrogens with one attached hydrogen (secondary N) is 1. The van der Waals surface area contributed by atoms with Crippen molar-refractivity contribution < 1.29 is 27.8 Å². The second-order valence-electron chi connectivity index (χ2n) is 7.70. The molecule has 1 aliphatic heterocycles. The predicted molar refractivity (Wildman–Crippen MR) is 129 cm³/mol. The molecule has 1 aliphatic rings. The Morgan fingerprint density at radius 3 is 2.35 bits per heavy atom. The second-order valence-corrected chi connectivity index (χ2v) is 8.64. The van der Waals surface area contributed by atoms with Crippen LogP contribution in [0.5, 0.6) is 11.5 Å². The van der Waals surface area contributed by atoms with E-state index in [0.717, 1.165) is 17.3 Å². The number of nitrogens with zero attached hydrogens (tertiary/aromatic N) is 2. The molecule has 0 fully saturated rings. The molecule has 0 atom stereocenters. The zero-order chi connectivity index (χ0) is 24.7. The number of amidine groups is 1. The van der Waals surface area contributed by atoms with Gasteiger partial charge >= 0.3 is 6.61 Å². The molecule has 180 valence electrons. The topological polar surface area (TPSA) is 80.2 Å². The average molecular weight is 490 g/mol. The fourth-order valence-electron chi connectivity index (χ4n) is 2.95. The van der Waals surface area contributed by atoms with Crippen LogP contribution in [0.4, 0.5) is 14.5 Å². The smallest absolute Gasteiger partial charge is 0.387 e. The molecule has 0 radical (unpaired) electrons. The standard InChI is InChI=1S/C24H25F2N3O4S/c1-15(2)13-27-21(30)14-34-24-28-20(12-16-4-8-18(32-3)9-5-16)22(31)29(24)17-6-10-19(11-7-17)33-23(25)26/h4-12,15,23H,13-14H2,1-3H3,(H,27,30)/b20-12-. The second kappa shape index (κ2) is 11.6. The van der Waals surface area contributed by atoms with Gasteiger partial charge in [0.2, 0.25) is 5.91 Å². The molecule has 34 heavy (non-hydrogen) atoms. The van der Waals surface area contributed by atoms with Crippen LogP contribution in [0.25, 0.3) is 6.08 Å². The van der Waals surface area contributed by atoms with Crippen LogP contribution >= 0.6 is 11.8 Å². The number of hydrogen-bond acceptors (Lipinski definition) is 6. The molecule has 0 saturated carbocycles. The quantitative estimate of drug-likeness (QED) is 0.523. The molecule has 0 saturated heterocycles. The summed E-state index contributed by atoms with van der Waals surface area (Å²) in [4.78, 5) is 31.2. The maximum atomic E-state index is 13.2. The average Bonchev–Trinajstić information content (AvgIpc) is 3.11. The Labute approximate surface area is 200 Å².